The molecule has 7 heteroatoms. The zero-order valence-electron chi connectivity index (χ0n) is 10.0. The molecule has 1 aromatic rings. The van der Waals surface area contributed by atoms with Gasteiger partial charge in [-0.3, -0.25) is 9.59 Å². The van der Waals surface area contributed by atoms with E-state index in [1.807, 2.05) is 0 Å². The Kier molecular flexibility index (Phi) is 3.59. The van der Waals surface area contributed by atoms with Crippen molar-refractivity contribution in [2.45, 2.75) is 26.2 Å². The predicted molar refractivity (Wildman–Crippen MR) is 59.8 cm³/mol. The maximum atomic E-state index is 11.6. The van der Waals surface area contributed by atoms with Crippen LogP contribution < -0.4 is 5.32 Å². The van der Waals surface area contributed by atoms with Crippen LogP contribution >= 0.6 is 0 Å². The van der Waals surface area contributed by atoms with E-state index in [0.717, 1.165) is 12.8 Å². The molecule has 0 radical (unpaired) electrons. The molecule has 2 atom stereocenters. The van der Waals surface area contributed by atoms with Gasteiger partial charge in [-0.2, -0.15) is 4.98 Å². The number of aryl methyl sites for hydroxylation is 1. The zero-order chi connectivity index (χ0) is 13.1. The number of rotatable bonds is 4. The summed E-state index contributed by atoms with van der Waals surface area (Å²) in [5.41, 5.74) is 0. The van der Waals surface area contributed by atoms with Gasteiger partial charge in [-0.05, 0) is 18.8 Å². The second-order valence-corrected chi connectivity index (χ2v) is 4.48. The topological polar surface area (TPSA) is 105 Å². The summed E-state index contributed by atoms with van der Waals surface area (Å²) in [6.07, 6.45) is 2.39. The van der Waals surface area contributed by atoms with E-state index in [0.29, 0.717) is 18.9 Å². The van der Waals surface area contributed by atoms with Crippen LogP contribution in [0.25, 0.3) is 0 Å². The van der Waals surface area contributed by atoms with Gasteiger partial charge in [-0.15, -0.1) is 0 Å². The van der Waals surface area contributed by atoms with Crippen molar-refractivity contribution in [1.82, 2.24) is 15.5 Å². The van der Waals surface area contributed by atoms with Crippen LogP contribution in [0.1, 0.15) is 35.8 Å². The Labute approximate surface area is 104 Å². The monoisotopic (exact) mass is 253 g/mol. The Hall–Kier alpha value is -1.92. The van der Waals surface area contributed by atoms with Crippen LogP contribution in [0.15, 0.2) is 4.52 Å². The molecule has 0 aromatic carbocycles. The van der Waals surface area contributed by atoms with E-state index in [9.17, 15) is 9.59 Å². The average molecular weight is 253 g/mol. The van der Waals surface area contributed by atoms with Gasteiger partial charge < -0.3 is 14.9 Å². The number of nitrogens with one attached hydrogen (secondary N) is 1. The summed E-state index contributed by atoms with van der Waals surface area (Å²) in [6, 6.07) is 0. The maximum Gasteiger partial charge on any atom is 0.306 e. The van der Waals surface area contributed by atoms with Gasteiger partial charge in [0.05, 0.1) is 5.92 Å². The minimum absolute atomic E-state index is 0.0144. The highest BCUT2D eigenvalue weighted by Crippen LogP contribution is 2.31. The lowest BCUT2D eigenvalue weighted by Gasteiger charge is -2.15. The molecule has 0 saturated heterocycles. The molecular weight excluding hydrogens is 238 g/mol. The number of carboxylic acids is 1. The molecule has 2 unspecified atom stereocenters. The van der Waals surface area contributed by atoms with Crippen molar-refractivity contribution in [3.05, 3.63) is 11.7 Å². The zero-order valence-corrected chi connectivity index (χ0v) is 10.0. The highest BCUT2D eigenvalue weighted by atomic mass is 16.5. The Morgan fingerprint density at radius 2 is 2.28 bits per heavy atom. The third-order valence-electron chi connectivity index (χ3n) is 3.23. The number of aliphatic carboxylic acids is 1. The first-order chi connectivity index (χ1) is 8.58. The van der Waals surface area contributed by atoms with E-state index in [1.165, 1.54) is 0 Å². The second kappa shape index (κ2) is 5.16. The third-order valence-corrected chi connectivity index (χ3v) is 3.23. The van der Waals surface area contributed by atoms with Crippen LogP contribution in [0.4, 0.5) is 0 Å². The molecule has 1 aliphatic carbocycles. The van der Waals surface area contributed by atoms with Gasteiger partial charge in [-0.1, -0.05) is 11.6 Å². The Morgan fingerprint density at radius 1 is 1.50 bits per heavy atom. The summed E-state index contributed by atoms with van der Waals surface area (Å²) in [5.74, 6) is -1.29. The highest BCUT2D eigenvalue weighted by molar-refractivity contribution is 5.90. The standard InChI is InChI=1S/C11H15N3O4/c1-6-13-9(14-18-6)10(15)12-5-7-3-2-4-8(7)11(16)17/h7-8H,2-5H2,1H3,(H,12,15)(H,16,17). The first-order valence-corrected chi connectivity index (χ1v) is 5.89. The van der Waals surface area contributed by atoms with Crippen molar-refractivity contribution in [1.29, 1.82) is 0 Å². The van der Waals surface area contributed by atoms with Crippen LogP contribution in [0.3, 0.4) is 0 Å². The minimum atomic E-state index is -0.790. The molecule has 18 heavy (non-hydrogen) atoms. The molecular formula is C11H15N3O4. The number of aromatic nitrogens is 2. The molecule has 7 nitrogen and oxygen atoms in total. The van der Waals surface area contributed by atoms with Crippen LogP contribution in [0.5, 0.6) is 0 Å². The largest absolute Gasteiger partial charge is 0.481 e. The molecule has 0 aliphatic heterocycles. The Bertz CT molecular complexity index is 457. The summed E-state index contributed by atoms with van der Waals surface area (Å²) >= 11 is 0. The number of carbonyl (C=O) groups excluding carboxylic acids is 1. The van der Waals surface area contributed by atoms with Gasteiger partial charge in [-0.25, -0.2) is 0 Å². The summed E-state index contributed by atoms with van der Waals surface area (Å²) in [4.78, 5) is 26.4. The van der Waals surface area contributed by atoms with Crippen LogP contribution in [0.2, 0.25) is 0 Å². The first kappa shape index (κ1) is 12.5. The van der Waals surface area contributed by atoms with Crippen molar-refractivity contribution in [3.8, 4) is 0 Å². The van der Waals surface area contributed by atoms with Crippen molar-refractivity contribution in [3.63, 3.8) is 0 Å². The number of carboxylic acid groups (broad SMARTS) is 1. The van der Waals surface area contributed by atoms with Gasteiger partial charge in [0.2, 0.25) is 5.89 Å². The molecule has 1 aromatic heterocycles. The molecule has 1 heterocycles. The Morgan fingerprint density at radius 3 is 2.89 bits per heavy atom. The molecule has 0 bridgehead atoms. The lowest BCUT2D eigenvalue weighted by molar-refractivity contribution is -0.142. The molecule has 2 N–H and O–H groups in total. The normalized spacial score (nSPS) is 22.9. The highest BCUT2D eigenvalue weighted by Gasteiger charge is 2.33. The van der Waals surface area contributed by atoms with Crippen molar-refractivity contribution in [2.75, 3.05) is 6.54 Å². The number of hydrogen-bond acceptors (Lipinski definition) is 5. The van der Waals surface area contributed by atoms with Crippen LogP contribution in [-0.4, -0.2) is 33.7 Å². The smallest absolute Gasteiger partial charge is 0.306 e. The molecule has 98 valence electrons. The van der Waals surface area contributed by atoms with E-state index in [1.54, 1.807) is 6.92 Å². The number of nitrogens with zero attached hydrogens (tertiary/aromatic N) is 2. The molecule has 1 aliphatic rings. The molecule has 1 saturated carbocycles. The van der Waals surface area contributed by atoms with Gasteiger partial charge in [0.25, 0.3) is 11.7 Å². The van der Waals surface area contributed by atoms with E-state index in [4.69, 9.17) is 9.63 Å². The molecule has 0 spiro atoms. The fraction of sp³-hybridized carbons (Fsp3) is 0.636. The number of hydrogen-bond donors (Lipinski definition) is 2. The SMILES string of the molecule is Cc1nc(C(=O)NCC2CCCC2C(=O)O)no1. The Balaban J connectivity index is 1.88. The van der Waals surface area contributed by atoms with Crippen LogP contribution in [-0.2, 0) is 4.79 Å². The molecule has 1 fully saturated rings. The summed E-state index contributed by atoms with van der Waals surface area (Å²) < 4.78 is 4.70. The molecule has 1 amide bonds. The van der Waals surface area contributed by atoms with Crippen molar-refractivity contribution < 1.29 is 19.2 Å². The van der Waals surface area contributed by atoms with E-state index in [2.05, 4.69) is 15.5 Å². The summed E-state index contributed by atoms with van der Waals surface area (Å²) in [7, 11) is 0. The van der Waals surface area contributed by atoms with Gasteiger partial charge in [0.15, 0.2) is 0 Å². The quantitative estimate of drug-likeness (QED) is 0.814. The van der Waals surface area contributed by atoms with Gasteiger partial charge in [0, 0.05) is 13.5 Å². The lowest BCUT2D eigenvalue weighted by Crippen LogP contribution is -2.33. The third kappa shape index (κ3) is 2.66. The summed E-state index contributed by atoms with van der Waals surface area (Å²) in [6.45, 7) is 1.94. The van der Waals surface area contributed by atoms with E-state index < -0.39 is 11.9 Å². The van der Waals surface area contributed by atoms with E-state index >= 15 is 0 Å². The lowest BCUT2D eigenvalue weighted by atomic mass is 9.96. The van der Waals surface area contributed by atoms with Gasteiger partial charge >= 0.3 is 5.97 Å². The second-order valence-electron chi connectivity index (χ2n) is 4.48. The fourth-order valence-corrected chi connectivity index (χ4v) is 2.30. The number of amides is 1. The van der Waals surface area contributed by atoms with Crippen molar-refractivity contribution >= 4 is 11.9 Å². The minimum Gasteiger partial charge on any atom is -0.481 e. The first-order valence-electron chi connectivity index (χ1n) is 5.89. The van der Waals surface area contributed by atoms with Gasteiger partial charge in [0.1, 0.15) is 0 Å². The summed E-state index contributed by atoms with van der Waals surface area (Å²) in [5, 5.41) is 15.2. The predicted octanol–water partition coefficient (Wildman–Crippen LogP) is 0.609. The average Bonchev–Trinajstić information content (AvgIpc) is 2.94. The van der Waals surface area contributed by atoms with E-state index in [-0.39, 0.29) is 17.7 Å². The van der Waals surface area contributed by atoms with Crippen molar-refractivity contribution in [2.24, 2.45) is 11.8 Å². The maximum absolute atomic E-state index is 11.6. The number of carbonyl (C=O) groups is 2. The molecule has 2 rings (SSSR count). The van der Waals surface area contributed by atoms with Crippen LogP contribution in [0, 0.1) is 18.8 Å². The fourth-order valence-electron chi connectivity index (χ4n) is 2.30.